The van der Waals surface area contributed by atoms with E-state index >= 15 is 0 Å². The summed E-state index contributed by atoms with van der Waals surface area (Å²) in [6.45, 7) is 7.24. The monoisotopic (exact) mass is 359 g/mol. The Balaban J connectivity index is 2.12. The Bertz CT molecular complexity index is 463. The molecular formula is C14H22BrN3OS. The van der Waals surface area contributed by atoms with Gasteiger partial charge < -0.3 is 10.6 Å². The average Bonchev–Trinajstić information content (AvgIpc) is 2.63. The number of halogens is 1. The highest BCUT2D eigenvalue weighted by Gasteiger charge is 2.27. The summed E-state index contributed by atoms with van der Waals surface area (Å²) in [5.74, 6) is 0.170. The average molecular weight is 360 g/mol. The molecule has 112 valence electrons. The molecule has 0 radical (unpaired) electrons. The molecule has 0 aliphatic carbocycles. The van der Waals surface area contributed by atoms with Crippen LogP contribution < -0.4 is 5.73 Å². The van der Waals surface area contributed by atoms with Gasteiger partial charge in [-0.05, 0) is 41.4 Å². The van der Waals surface area contributed by atoms with E-state index in [2.05, 4.69) is 39.9 Å². The summed E-state index contributed by atoms with van der Waals surface area (Å²) in [6.07, 6.45) is 1.01. The van der Waals surface area contributed by atoms with Crippen LogP contribution in [0, 0.1) is 0 Å². The SMILES string of the molecule is CC(=O)N1CCCN(C(c2ccc(Br)s2)C(C)N)CC1. The van der Waals surface area contributed by atoms with Gasteiger partial charge in [0.05, 0.1) is 9.83 Å². The lowest BCUT2D eigenvalue weighted by Crippen LogP contribution is -2.41. The van der Waals surface area contributed by atoms with Crippen molar-refractivity contribution < 1.29 is 4.79 Å². The molecule has 0 saturated carbocycles. The maximum atomic E-state index is 11.5. The zero-order valence-corrected chi connectivity index (χ0v) is 14.4. The summed E-state index contributed by atoms with van der Waals surface area (Å²) < 4.78 is 1.14. The highest BCUT2D eigenvalue weighted by Crippen LogP contribution is 2.32. The molecule has 20 heavy (non-hydrogen) atoms. The van der Waals surface area contributed by atoms with Crippen LogP contribution in [0.25, 0.3) is 0 Å². The molecule has 2 unspecified atom stereocenters. The van der Waals surface area contributed by atoms with E-state index in [1.165, 1.54) is 4.88 Å². The van der Waals surface area contributed by atoms with Crippen molar-refractivity contribution in [1.82, 2.24) is 9.80 Å². The van der Waals surface area contributed by atoms with Crippen molar-refractivity contribution >= 4 is 33.2 Å². The van der Waals surface area contributed by atoms with Gasteiger partial charge >= 0.3 is 0 Å². The lowest BCUT2D eigenvalue weighted by atomic mass is 10.1. The van der Waals surface area contributed by atoms with Gasteiger partial charge in [-0.1, -0.05) is 0 Å². The van der Waals surface area contributed by atoms with Gasteiger partial charge in [-0.15, -0.1) is 11.3 Å². The maximum Gasteiger partial charge on any atom is 0.219 e. The number of nitrogens with two attached hydrogens (primary N) is 1. The van der Waals surface area contributed by atoms with E-state index in [0.717, 1.165) is 36.4 Å². The highest BCUT2D eigenvalue weighted by molar-refractivity contribution is 9.11. The van der Waals surface area contributed by atoms with Gasteiger partial charge in [0.1, 0.15) is 0 Å². The van der Waals surface area contributed by atoms with Crippen molar-refractivity contribution in [1.29, 1.82) is 0 Å². The van der Waals surface area contributed by atoms with Gasteiger partial charge in [0.25, 0.3) is 0 Å². The highest BCUT2D eigenvalue weighted by atomic mass is 79.9. The minimum atomic E-state index is 0.0735. The Morgan fingerprint density at radius 2 is 2.10 bits per heavy atom. The van der Waals surface area contributed by atoms with Crippen LogP contribution >= 0.6 is 27.3 Å². The third kappa shape index (κ3) is 3.81. The summed E-state index contributed by atoms with van der Waals surface area (Å²) in [5, 5.41) is 0. The molecule has 1 fully saturated rings. The molecule has 2 heterocycles. The summed E-state index contributed by atoms with van der Waals surface area (Å²) in [4.78, 5) is 17.2. The number of nitrogens with zero attached hydrogens (tertiary/aromatic N) is 2. The Morgan fingerprint density at radius 3 is 2.65 bits per heavy atom. The van der Waals surface area contributed by atoms with E-state index < -0.39 is 0 Å². The second kappa shape index (κ2) is 7.02. The predicted molar refractivity (Wildman–Crippen MR) is 86.9 cm³/mol. The van der Waals surface area contributed by atoms with Crippen LogP contribution in [0.5, 0.6) is 0 Å². The zero-order chi connectivity index (χ0) is 14.7. The molecule has 1 aliphatic heterocycles. The van der Waals surface area contributed by atoms with Gasteiger partial charge in [0, 0.05) is 44.0 Å². The van der Waals surface area contributed by atoms with Crippen molar-refractivity contribution in [2.45, 2.75) is 32.4 Å². The minimum Gasteiger partial charge on any atom is -0.342 e. The number of amides is 1. The third-order valence-corrected chi connectivity index (χ3v) is 5.45. The topological polar surface area (TPSA) is 49.6 Å². The van der Waals surface area contributed by atoms with Gasteiger partial charge in [-0.3, -0.25) is 9.69 Å². The van der Waals surface area contributed by atoms with Crippen LogP contribution in [-0.2, 0) is 4.79 Å². The molecule has 1 aliphatic rings. The van der Waals surface area contributed by atoms with E-state index in [1.54, 1.807) is 18.3 Å². The maximum absolute atomic E-state index is 11.5. The summed E-state index contributed by atoms with van der Waals surface area (Å²) in [7, 11) is 0. The quantitative estimate of drug-likeness (QED) is 0.901. The molecule has 6 heteroatoms. The van der Waals surface area contributed by atoms with Gasteiger partial charge in [0.2, 0.25) is 5.91 Å². The Hall–Kier alpha value is -0.430. The first-order valence-corrected chi connectivity index (χ1v) is 8.60. The predicted octanol–water partition coefficient (Wildman–Crippen LogP) is 2.45. The van der Waals surface area contributed by atoms with E-state index in [-0.39, 0.29) is 18.0 Å². The number of carbonyl (C=O) groups is 1. The van der Waals surface area contributed by atoms with Crippen molar-refractivity contribution in [3.63, 3.8) is 0 Å². The number of thiophene rings is 1. The van der Waals surface area contributed by atoms with Crippen LogP contribution in [0.2, 0.25) is 0 Å². The standard InChI is InChI=1S/C14H22BrN3OS/c1-10(16)14(12-4-5-13(15)20-12)18-7-3-6-17(8-9-18)11(2)19/h4-5,10,14H,3,6-9,16H2,1-2H3. The van der Waals surface area contributed by atoms with Gasteiger partial charge in [0.15, 0.2) is 0 Å². The number of hydrogen-bond acceptors (Lipinski definition) is 4. The smallest absolute Gasteiger partial charge is 0.219 e. The van der Waals surface area contributed by atoms with E-state index in [9.17, 15) is 4.79 Å². The number of rotatable bonds is 3. The van der Waals surface area contributed by atoms with Crippen LogP contribution in [0.3, 0.4) is 0 Å². The number of carbonyl (C=O) groups excluding carboxylic acids is 1. The van der Waals surface area contributed by atoms with Crippen LogP contribution in [-0.4, -0.2) is 47.9 Å². The molecule has 0 bridgehead atoms. The first-order valence-electron chi connectivity index (χ1n) is 6.99. The molecule has 1 aromatic rings. The second-order valence-electron chi connectivity index (χ2n) is 5.34. The summed E-state index contributed by atoms with van der Waals surface area (Å²) >= 11 is 5.27. The van der Waals surface area contributed by atoms with Crippen LogP contribution in [0.15, 0.2) is 15.9 Å². The largest absolute Gasteiger partial charge is 0.342 e. The fourth-order valence-electron chi connectivity index (χ4n) is 2.79. The van der Waals surface area contributed by atoms with Gasteiger partial charge in [-0.2, -0.15) is 0 Å². The molecule has 0 aromatic carbocycles. The minimum absolute atomic E-state index is 0.0735. The summed E-state index contributed by atoms with van der Waals surface area (Å²) in [6, 6.07) is 4.54. The molecule has 2 N–H and O–H groups in total. The van der Waals surface area contributed by atoms with Crippen LogP contribution in [0.4, 0.5) is 0 Å². The lowest BCUT2D eigenvalue weighted by molar-refractivity contribution is -0.128. The van der Waals surface area contributed by atoms with Crippen molar-refractivity contribution in [3.8, 4) is 0 Å². The Morgan fingerprint density at radius 1 is 1.35 bits per heavy atom. The molecule has 4 nitrogen and oxygen atoms in total. The van der Waals surface area contributed by atoms with Crippen molar-refractivity contribution in [2.75, 3.05) is 26.2 Å². The Labute approximate surface area is 133 Å². The normalized spacial score (nSPS) is 20.5. The molecule has 2 atom stereocenters. The summed E-state index contributed by atoms with van der Waals surface area (Å²) in [5.41, 5.74) is 6.22. The fourth-order valence-corrected chi connectivity index (χ4v) is 4.46. The first-order chi connectivity index (χ1) is 9.49. The van der Waals surface area contributed by atoms with E-state index in [0.29, 0.717) is 0 Å². The first kappa shape index (κ1) is 15.9. The molecule has 1 amide bonds. The van der Waals surface area contributed by atoms with E-state index in [4.69, 9.17) is 5.73 Å². The van der Waals surface area contributed by atoms with E-state index in [1.807, 2.05) is 4.90 Å². The molecular weight excluding hydrogens is 338 g/mol. The zero-order valence-electron chi connectivity index (χ0n) is 12.0. The molecule has 1 aromatic heterocycles. The van der Waals surface area contributed by atoms with Crippen molar-refractivity contribution in [2.24, 2.45) is 5.73 Å². The second-order valence-corrected chi connectivity index (χ2v) is 7.84. The molecule has 2 rings (SSSR count). The Kier molecular flexibility index (Phi) is 5.60. The van der Waals surface area contributed by atoms with Gasteiger partial charge in [-0.25, -0.2) is 0 Å². The molecule has 0 spiro atoms. The lowest BCUT2D eigenvalue weighted by Gasteiger charge is -2.32. The fraction of sp³-hybridized carbons (Fsp3) is 0.643. The third-order valence-electron chi connectivity index (χ3n) is 3.75. The van der Waals surface area contributed by atoms with Crippen LogP contribution in [0.1, 0.15) is 31.2 Å². The molecule has 1 saturated heterocycles. The number of hydrogen-bond donors (Lipinski definition) is 1. The van der Waals surface area contributed by atoms with Crippen molar-refractivity contribution in [3.05, 3.63) is 20.8 Å².